The smallest absolute Gasteiger partial charge is 0.159 e. The molecule has 0 saturated carbocycles. The molecular weight excluding hydrogens is 260 g/mol. The summed E-state index contributed by atoms with van der Waals surface area (Å²) >= 11 is 0. The Morgan fingerprint density at radius 2 is 2.10 bits per heavy atom. The van der Waals surface area contributed by atoms with Crippen molar-refractivity contribution in [2.24, 2.45) is 5.92 Å². The Hall–Kier alpha value is -1.26. The molecule has 2 N–H and O–H groups in total. The highest BCUT2D eigenvalue weighted by Gasteiger charge is 2.19. The standard InChI is InChI=1S/C16H21F2NO/c1-11(19-10-12-5-3-2-4-6-12)16(20)13-7-8-14(17)15(18)9-13/h2-3,7-9,11-12,16,19-20H,4-6,10H2,1H3. The zero-order valence-electron chi connectivity index (χ0n) is 11.7. The molecule has 1 aromatic rings. The predicted molar refractivity (Wildman–Crippen MR) is 75.3 cm³/mol. The summed E-state index contributed by atoms with van der Waals surface area (Å²) in [6, 6.07) is 3.32. The van der Waals surface area contributed by atoms with E-state index in [0.717, 1.165) is 37.9 Å². The molecule has 20 heavy (non-hydrogen) atoms. The number of aliphatic hydroxyl groups excluding tert-OH is 1. The van der Waals surface area contributed by atoms with Crippen LogP contribution in [0.4, 0.5) is 8.78 Å². The zero-order valence-corrected chi connectivity index (χ0v) is 11.7. The molecule has 1 aliphatic carbocycles. The van der Waals surface area contributed by atoms with Gasteiger partial charge in [-0.25, -0.2) is 8.78 Å². The second-order valence-corrected chi connectivity index (χ2v) is 5.47. The number of nitrogens with one attached hydrogen (secondary N) is 1. The molecule has 110 valence electrons. The molecule has 0 saturated heterocycles. The molecule has 0 heterocycles. The molecule has 2 nitrogen and oxygen atoms in total. The topological polar surface area (TPSA) is 32.3 Å². The summed E-state index contributed by atoms with van der Waals surface area (Å²) in [5.41, 5.74) is 0.396. The van der Waals surface area contributed by atoms with E-state index in [9.17, 15) is 13.9 Å². The third-order valence-electron chi connectivity index (χ3n) is 3.86. The molecule has 1 aliphatic rings. The van der Waals surface area contributed by atoms with E-state index in [1.165, 1.54) is 6.07 Å². The van der Waals surface area contributed by atoms with Crippen molar-refractivity contribution >= 4 is 0 Å². The first-order chi connectivity index (χ1) is 9.58. The van der Waals surface area contributed by atoms with Crippen LogP contribution in [0.25, 0.3) is 0 Å². The van der Waals surface area contributed by atoms with E-state index in [1.54, 1.807) is 0 Å². The molecule has 0 bridgehead atoms. The predicted octanol–water partition coefficient (Wildman–Crippen LogP) is 3.33. The van der Waals surface area contributed by atoms with Crippen molar-refractivity contribution < 1.29 is 13.9 Å². The number of allylic oxidation sites excluding steroid dienone is 2. The van der Waals surface area contributed by atoms with E-state index in [0.29, 0.717) is 11.5 Å². The quantitative estimate of drug-likeness (QED) is 0.811. The second-order valence-electron chi connectivity index (χ2n) is 5.47. The lowest BCUT2D eigenvalue weighted by Gasteiger charge is -2.24. The average Bonchev–Trinajstić information content (AvgIpc) is 2.48. The summed E-state index contributed by atoms with van der Waals surface area (Å²) in [5.74, 6) is -1.23. The van der Waals surface area contributed by atoms with Crippen LogP contribution in [0.15, 0.2) is 30.4 Å². The average molecular weight is 281 g/mol. The molecule has 4 heteroatoms. The Labute approximate surface area is 118 Å². The van der Waals surface area contributed by atoms with E-state index in [2.05, 4.69) is 17.5 Å². The van der Waals surface area contributed by atoms with Crippen LogP contribution in [-0.4, -0.2) is 17.7 Å². The highest BCUT2D eigenvalue weighted by Crippen LogP contribution is 2.21. The van der Waals surface area contributed by atoms with Crippen molar-refractivity contribution in [2.75, 3.05) is 6.54 Å². The Morgan fingerprint density at radius 3 is 2.75 bits per heavy atom. The van der Waals surface area contributed by atoms with Gasteiger partial charge in [0.15, 0.2) is 11.6 Å². The van der Waals surface area contributed by atoms with Gasteiger partial charge >= 0.3 is 0 Å². The van der Waals surface area contributed by atoms with Gasteiger partial charge in [-0.15, -0.1) is 0 Å². The lowest BCUT2D eigenvalue weighted by atomic mass is 9.94. The van der Waals surface area contributed by atoms with Gasteiger partial charge < -0.3 is 10.4 Å². The van der Waals surface area contributed by atoms with Crippen LogP contribution < -0.4 is 5.32 Å². The monoisotopic (exact) mass is 281 g/mol. The Morgan fingerprint density at radius 1 is 1.30 bits per heavy atom. The largest absolute Gasteiger partial charge is 0.387 e. The highest BCUT2D eigenvalue weighted by molar-refractivity contribution is 5.21. The fraction of sp³-hybridized carbons (Fsp3) is 0.500. The summed E-state index contributed by atoms with van der Waals surface area (Å²) in [6.07, 6.45) is 6.84. The maximum absolute atomic E-state index is 13.2. The van der Waals surface area contributed by atoms with Crippen LogP contribution in [0, 0.1) is 17.6 Å². The van der Waals surface area contributed by atoms with Gasteiger partial charge in [0.25, 0.3) is 0 Å². The molecule has 3 unspecified atom stereocenters. The molecule has 3 atom stereocenters. The van der Waals surface area contributed by atoms with Crippen LogP contribution in [0.2, 0.25) is 0 Å². The molecule has 0 spiro atoms. The van der Waals surface area contributed by atoms with Gasteiger partial charge in [0.1, 0.15) is 0 Å². The zero-order chi connectivity index (χ0) is 14.5. The Kier molecular flexibility index (Phi) is 5.26. The number of hydrogen-bond acceptors (Lipinski definition) is 2. The fourth-order valence-electron chi connectivity index (χ4n) is 2.49. The third kappa shape index (κ3) is 3.87. The Bertz CT molecular complexity index is 476. The van der Waals surface area contributed by atoms with Crippen molar-refractivity contribution in [1.29, 1.82) is 0 Å². The van der Waals surface area contributed by atoms with Crippen LogP contribution in [0.5, 0.6) is 0 Å². The van der Waals surface area contributed by atoms with Gasteiger partial charge in [0.05, 0.1) is 6.10 Å². The normalized spacial score (nSPS) is 21.7. The molecule has 0 radical (unpaired) electrons. The van der Waals surface area contributed by atoms with Crippen molar-refractivity contribution in [3.63, 3.8) is 0 Å². The van der Waals surface area contributed by atoms with E-state index in [4.69, 9.17) is 0 Å². The van der Waals surface area contributed by atoms with Gasteiger partial charge in [-0.2, -0.15) is 0 Å². The van der Waals surface area contributed by atoms with E-state index < -0.39 is 17.7 Å². The highest BCUT2D eigenvalue weighted by atomic mass is 19.2. The second kappa shape index (κ2) is 6.95. The summed E-state index contributed by atoms with van der Waals surface area (Å²) < 4.78 is 26.0. The third-order valence-corrected chi connectivity index (χ3v) is 3.86. The maximum atomic E-state index is 13.2. The molecular formula is C16H21F2NO. The van der Waals surface area contributed by atoms with Gasteiger partial charge in [-0.1, -0.05) is 18.2 Å². The lowest BCUT2D eigenvalue weighted by Crippen LogP contribution is -2.36. The molecule has 0 amide bonds. The molecule has 0 fully saturated rings. The number of rotatable bonds is 5. The maximum Gasteiger partial charge on any atom is 0.159 e. The summed E-state index contributed by atoms with van der Waals surface area (Å²) in [4.78, 5) is 0. The van der Waals surface area contributed by atoms with Gasteiger partial charge in [-0.05, 0) is 56.3 Å². The lowest BCUT2D eigenvalue weighted by molar-refractivity contribution is 0.132. The van der Waals surface area contributed by atoms with Crippen molar-refractivity contribution in [1.82, 2.24) is 5.32 Å². The number of aliphatic hydroxyl groups is 1. The van der Waals surface area contributed by atoms with Crippen LogP contribution in [0.3, 0.4) is 0 Å². The van der Waals surface area contributed by atoms with Crippen molar-refractivity contribution in [2.45, 2.75) is 38.3 Å². The SMILES string of the molecule is CC(NCC1CC=CCC1)C(O)c1ccc(F)c(F)c1. The minimum absolute atomic E-state index is 0.203. The molecule has 2 rings (SSSR count). The van der Waals surface area contributed by atoms with Crippen LogP contribution >= 0.6 is 0 Å². The molecule has 0 aliphatic heterocycles. The van der Waals surface area contributed by atoms with Gasteiger partial charge in [0.2, 0.25) is 0 Å². The van der Waals surface area contributed by atoms with Crippen LogP contribution in [0.1, 0.15) is 37.9 Å². The van der Waals surface area contributed by atoms with Crippen molar-refractivity contribution in [3.8, 4) is 0 Å². The Balaban J connectivity index is 1.89. The van der Waals surface area contributed by atoms with Gasteiger partial charge in [-0.3, -0.25) is 0 Å². The number of hydrogen-bond donors (Lipinski definition) is 2. The minimum Gasteiger partial charge on any atom is -0.387 e. The fourth-order valence-corrected chi connectivity index (χ4v) is 2.49. The first-order valence-corrected chi connectivity index (χ1v) is 7.09. The van der Waals surface area contributed by atoms with E-state index >= 15 is 0 Å². The van der Waals surface area contributed by atoms with E-state index in [1.807, 2.05) is 6.92 Å². The van der Waals surface area contributed by atoms with Gasteiger partial charge in [0, 0.05) is 6.04 Å². The first kappa shape index (κ1) is 15.1. The van der Waals surface area contributed by atoms with Crippen molar-refractivity contribution in [3.05, 3.63) is 47.5 Å². The van der Waals surface area contributed by atoms with E-state index in [-0.39, 0.29) is 6.04 Å². The summed E-state index contributed by atoms with van der Waals surface area (Å²) in [7, 11) is 0. The molecule has 0 aromatic heterocycles. The summed E-state index contributed by atoms with van der Waals surface area (Å²) in [6.45, 7) is 2.68. The summed E-state index contributed by atoms with van der Waals surface area (Å²) in [5, 5.41) is 13.5. The molecule has 1 aromatic carbocycles. The number of halogens is 2. The minimum atomic E-state index is -0.925. The number of benzene rings is 1. The first-order valence-electron chi connectivity index (χ1n) is 7.09. The van der Waals surface area contributed by atoms with Crippen LogP contribution in [-0.2, 0) is 0 Å².